The summed E-state index contributed by atoms with van der Waals surface area (Å²) in [5.41, 5.74) is 8.79. The predicted octanol–water partition coefficient (Wildman–Crippen LogP) is 1.99. The predicted molar refractivity (Wildman–Crippen MR) is 64.9 cm³/mol. The molecule has 0 unspecified atom stereocenters. The lowest BCUT2D eigenvalue weighted by atomic mass is 9.76. The molecule has 3 heteroatoms. The van der Waals surface area contributed by atoms with E-state index in [0.29, 0.717) is 12.0 Å². The Morgan fingerprint density at radius 1 is 1.40 bits per heavy atom. The minimum atomic E-state index is 0.389. The molecule has 0 aromatic carbocycles. The quantitative estimate of drug-likeness (QED) is 0.552. The maximum atomic E-state index is 6.04. The standard InChI is InChI=1S/C12H25N3/c1-4-10-5-6-12(2,3)9-11(10)15(14)8-7-13/h4-9,13-14H2,1-3H3. The van der Waals surface area contributed by atoms with Gasteiger partial charge in [0.1, 0.15) is 0 Å². The summed E-state index contributed by atoms with van der Waals surface area (Å²) in [7, 11) is 0. The molecule has 0 heterocycles. The van der Waals surface area contributed by atoms with Crippen LogP contribution in [0.3, 0.4) is 0 Å². The largest absolute Gasteiger partial charge is 0.329 e. The van der Waals surface area contributed by atoms with Gasteiger partial charge in [-0.05, 0) is 36.7 Å². The Morgan fingerprint density at radius 3 is 2.60 bits per heavy atom. The van der Waals surface area contributed by atoms with E-state index >= 15 is 0 Å². The topological polar surface area (TPSA) is 55.3 Å². The summed E-state index contributed by atoms with van der Waals surface area (Å²) in [6, 6.07) is 0. The maximum Gasteiger partial charge on any atom is 0.0461 e. The van der Waals surface area contributed by atoms with E-state index in [1.807, 2.05) is 5.01 Å². The summed E-state index contributed by atoms with van der Waals surface area (Å²) in [5, 5.41) is 1.86. The van der Waals surface area contributed by atoms with Crippen molar-refractivity contribution in [2.75, 3.05) is 13.1 Å². The van der Waals surface area contributed by atoms with Crippen LogP contribution in [-0.2, 0) is 0 Å². The summed E-state index contributed by atoms with van der Waals surface area (Å²) in [6.07, 6.45) is 4.67. The summed E-state index contributed by atoms with van der Waals surface area (Å²) in [5.74, 6) is 6.04. The minimum absolute atomic E-state index is 0.389. The smallest absolute Gasteiger partial charge is 0.0461 e. The molecular formula is C12H25N3. The first-order valence-corrected chi connectivity index (χ1v) is 5.93. The van der Waals surface area contributed by atoms with E-state index in [2.05, 4.69) is 20.8 Å². The molecule has 0 radical (unpaired) electrons. The van der Waals surface area contributed by atoms with Crippen molar-refractivity contribution in [2.45, 2.75) is 46.5 Å². The normalized spacial score (nSPS) is 20.6. The Labute approximate surface area is 93.5 Å². The van der Waals surface area contributed by atoms with Gasteiger partial charge in [0.05, 0.1) is 0 Å². The van der Waals surface area contributed by atoms with Crippen molar-refractivity contribution in [1.82, 2.24) is 5.01 Å². The van der Waals surface area contributed by atoms with E-state index < -0.39 is 0 Å². The highest BCUT2D eigenvalue weighted by atomic mass is 15.4. The molecule has 88 valence electrons. The van der Waals surface area contributed by atoms with Crippen LogP contribution in [0.1, 0.15) is 46.5 Å². The van der Waals surface area contributed by atoms with Crippen LogP contribution in [0.2, 0.25) is 0 Å². The molecular weight excluding hydrogens is 186 g/mol. The fourth-order valence-corrected chi connectivity index (χ4v) is 2.26. The molecule has 4 N–H and O–H groups in total. The van der Waals surface area contributed by atoms with Crippen LogP contribution in [0.4, 0.5) is 0 Å². The van der Waals surface area contributed by atoms with Gasteiger partial charge in [0.25, 0.3) is 0 Å². The number of allylic oxidation sites excluding steroid dienone is 2. The van der Waals surface area contributed by atoms with Gasteiger partial charge in [-0.25, -0.2) is 5.84 Å². The van der Waals surface area contributed by atoms with Crippen molar-refractivity contribution >= 4 is 0 Å². The lowest BCUT2D eigenvalue weighted by molar-refractivity contribution is 0.243. The van der Waals surface area contributed by atoms with Gasteiger partial charge in [-0.15, -0.1) is 0 Å². The van der Waals surface area contributed by atoms with Crippen LogP contribution in [0, 0.1) is 5.41 Å². The molecule has 0 fully saturated rings. The number of hydrogen-bond acceptors (Lipinski definition) is 3. The zero-order valence-corrected chi connectivity index (χ0v) is 10.3. The average Bonchev–Trinajstić information content (AvgIpc) is 2.17. The fraction of sp³-hybridized carbons (Fsp3) is 0.833. The number of hydrogen-bond donors (Lipinski definition) is 2. The van der Waals surface area contributed by atoms with Crippen molar-refractivity contribution in [2.24, 2.45) is 17.0 Å². The van der Waals surface area contributed by atoms with Gasteiger partial charge in [-0.3, -0.25) is 0 Å². The van der Waals surface area contributed by atoms with E-state index in [9.17, 15) is 0 Å². The summed E-state index contributed by atoms with van der Waals surface area (Å²) >= 11 is 0. The van der Waals surface area contributed by atoms with Crippen LogP contribution in [0.15, 0.2) is 11.3 Å². The highest BCUT2D eigenvalue weighted by molar-refractivity contribution is 5.18. The molecule has 0 atom stereocenters. The van der Waals surface area contributed by atoms with Crippen molar-refractivity contribution < 1.29 is 0 Å². The second-order valence-corrected chi connectivity index (χ2v) is 5.23. The number of rotatable bonds is 4. The molecule has 1 aliphatic carbocycles. The van der Waals surface area contributed by atoms with Crippen LogP contribution in [0.5, 0.6) is 0 Å². The molecule has 0 saturated carbocycles. The van der Waals surface area contributed by atoms with E-state index in [1.165, 1.54) is 24.1 Å². The minimum Gasteiger partial charge on any atom is -0.329 e. The number of nitrogens with two attached hydrogens (primary N) is 2. The Hall–Kier alpha value is -0.540. The third-order valence-electron chi connectivity index (χ3n) is 3.30. The Morgan fingerprint density at radius 2 is 2.07 bits per heavy atom. The second kappa shape index (κ2) is 4.99. The first kappa shape index (κ1) is 12.5. The Kier molecular flexibility index (Phi) is 4.17. The SMILES string of the molecule is CCC1=C(N(N)CCN)CC(C)(C)CC1. The van der Waals surface area contributed by atoms with E-state index in [1.54, 1.807) is 0 Å². The second-order valence-electron chi connectivity index (χ2n) is 5.23. The zero-order valence-electron chi connectivity index (χ0n) is 10.3. The summed E-state index contributed by atoms with van der Waals surface area (Å²) in [6.45, 7) is 8.22. The Bertz CT molecular complexity index is 243. The first-order chi connectivity index (χ1) is 7.00. The maximum absolute atomic E-state index is 6.04. The van der Waals surface area contributed by atoms with Gasteiger partial charge in [-0.1, -0.05) is 20.8 Å². The molecule has 1 aliphatic rings. The molecule has 3 nitrogen and oxygen atoms in total. The van der Waals surface area contributed by atoms with Crippen LogP contribution in [0.25, 0.3) is 0 Å². The summed E-state index contributed by atoms with van der Waals surface area (Å²) in [4.78, 5) is 0. The van der Waals surface area contributed by atoms with Crippen molar-refractivity contribution in [1.29, 1.82) is 0 Å². The average molecular weight is 211 g/mol. The highest BCUT2D eigenvalue weighted by Gasteiger charge is 2.28. The van der Waals surface area contributed by atoms with Crippen molar-refractivity contribution in [3.05, 3.63) is 11.3 Å². The molecule has 0 aromatic heterocycles. The fourth-order valence-electron chi connectivity index (χ4n) is 2.26. The molecule has 15 heavy (non-hydrogen) atoms. The van der Waals surface area contributed by atoms with Gasteiger partial charge in [0, 0.05) is 18.8 Å². The van der Waals surface area contributed by atoms with Gasteiger partial charge < -0.3 is 10.7 Å². The Balaban J connectivity index is 2.82. The third kappa shape index (κ3) is 3.21. The molecule has 0 spiro atoms. The van der Waals surface area contributed by atoms with Crippen molar-refractivity contribution in [3.8, 4) is 0 Å². The van der Waals surface area contributed by atoms with E-state index in [4.69, 9.17) is 11.6 Å². The molecule has 1 rings (SSSR count). The van der Waals surface area contributed by atoms with E-state index in [-0.39, 0.29) is 0 Å². The summed E-state index contributed by atoms with van der Waals surface area (Å²) < 4.78 is 0. The molecule has 0 aromatic rings. The molecule has 0 saturated heterocycles. The van der Waals surface area contributed by atoms with Gasteiger partial charge in [0.2, 0.25) is 0 Å². The van der Waals surface area contributed by atoms with E-state index in [0.717, 1.165) is 19.4 Å². The molecule has 0 bridgehead atoms. The number of nitrogens with zero attached hydrogens (tertiary/aromatic N) is 1. The monoisotopic (exact) mass is 211 g/mol. The van der Waals surface area contributed by atoms with Crippen molar-refractivity contribution in [3.63, 3.8) is 0 Å². The molecule has 0 amide bonds. The highest BCUT2D eigenvalue weighted by Crippen LogP contribution is 2.39. The van der Waals surface area contributed by atoms with Crippen LogP contribution >= 0.6 is 0 Å². The lowest BCUT2D eigenvalue weighted by Crippen LogP contribution is -2.38. The molecule has 0 aliphatic heterocycles. The zero-order chi connectivity index (χ0) is 11.5. The van der Waals surface area contributed by atoms with Gasteiger partial charge in [0.15, 0.2) is 0 Å². The van der Waals surface area contributed by atoms with Crippen LogP contribution < -0.4 is 11.6 Å². The third-order valence-corrected chi connectivity index (χ3v) is 3.30. The first-order valence-electron chi connectivity index (χ1n) is 5.93. The number of hydrazine groups is 1. The van der Waals surface area contributed by atoms with Gasteiger partial charge in [-0.2, -0.15) is 0 Å². The van der Waals surface area contributed by atoms with Crippen LogP contribution in [-0.4, -0.2) is 18.1 Å². The van der Waals surface area contributed by atoms with Gasteiger partial charge >= 0.3 is 0 Å². The lowest BCUT2D eigenvalue weighted by Gasteiger charge is -2.37.